The highest BCUT2D eigenvalue weighted by Gasteiger charge is 2.31. The van der Waals surface area contributed by atoms with Crippen molar-refractivity contribution < 1.29 is 0 Å². The van der Waals surface area contributed by atoms with Crippen molar-refractivity contribution in [1.29, 1.82) is 0 Å². The van der Waals surface area contributed by atoms with Crippen LogP contribution in [0, 0.1) is 0 Å². The Bertz CT molecular complexity index is 206. The fourth-order valence-electron chi connectivity index (χ4n) is 3.73. The van der Waals surface area contributed by atoms with Gasteiger partial charge in [0.15, 0.2) is 0 Å². The van der Waals surface area contributed by atoms with Crippen LogP contribution in [0.2, 0.25) is 0 Å². The van der Waals surface area contributed by atoms with E-state index in [2.05, 4.69) is 19.2 Å². The highest BCUT2D eigenvalue weighted by Crippen LogP contribution is 2.31. The van der Waals surface area contributed by atoms with Gasteiger partial charge >= 0.3 is 0 Å². The maximum atomic E-state index is 3.86. The minimum absolute atomic E-state index is 0.539. The van der Waals surface area contributed by atoms with E-state index in [-0.39, 0.29) is 0 Å². The van der Waals surface area contributed by atoms with E-state index in [1.165, 1.54) is 103 Å². The Morgan fingerprint density at radius 1 is 0.700 bits per heavy atom. The lowest BCUT2D eigenvalue weighted by Crippen LogP contribution is -2.39. The maximum absolute atomic E-state index is 3.86. The Kier molecular flexibility index (Phi) is 10.4. The van der Waals surface area contributed by atoms with E-state index in [1.807, 2.05) is 0 Å². The van der Waals surface area contributed by atoms with Crippen molar-refractivity contribution in [3.8, 4) is 0 Å². The third kappa shape index (κ3) is 7.67. The first-order chi connectivity index (χ1) is 9.83. The minimum atomic E-state index is 0.539. The van der Waals surface area contributed by atoms with Crippen LogP contribution in [0.3, 0.4) is 0 Å². The van der Waals surface area contributed by atoms with Crippen molar-refractivity contribution in [3.63, 3.8) is 0 Å². The molecule has 1 saturated heterocycles. The van der Waals surface area contributed by atoms with E-state index < -0.39 is 0 Å². The first-order valence-electron chi connectivity index (χ1n) is 9.58. The first kappa shape index (κ1) is 18.0. The van der Waals surface area contributed by atoms with E-state index in [9.17, 15) is 0 Å². The van der Waals surface area contributed by atoms with Crippen LogP contribution in [0.15, 0.2) is 0 Å². The van der Waals surface area contributed by atoms with Crippen LogP contribution in [0.1, 0.15) is 110 Å². The highest BCUT2D eigenvalue weighted by atomic mass is 15.0. The van der Waals surface area contributed by atoms with Gasteiger partial charge in [0.25, 0.3) is 0 Å². The molecule has 0 amide bonds. The molecule has 1 nitrogen and oxygen atoms in total. The van der Waals surface area contributed by atoms with E-state index >= 15 is 0 Å². The maximum Gasteiger partial charge on any atom is 0.0182 e. The molecule has 0 radical (unpaired) electrons. The minimum Gasteiger partial charge on any atom is -0.311 e. The van der Waals surface area contributed by atoms with Gasteiger partial charge in [-0.25, -0.2) is 0 Å². The summed E-state index contributed by atoms with van der Waals surface area (Å²) in [6.45, 7) is 5.88. The highest BCUT2D eigenvalue weighted by molar-refractivity contribution is 4.92. The lowest BCUT2D eigenvalue weighted by molar-refractivity contribution is 0.299. The van der Waals surface area contributed by atoms with Gasteiger partial charge in [-0.3, -0.25) is 0 Å². The fourth-order valence-corrected chi connectivity index (χ4v) is 3.73. The largest absolute Gasteiger partial charge is 0.311 e. The average molecular weight is 282 g/mol. The van der Waals surface area contributed by atoms with Crippen LogP contribution in [0.4, 0.5) is 0 Å². The molecule has 1 aliphatic heterocycles. The summed E-state index contributed by atoms with van der Waals surface area (Å²) in [6.07, 6.45) is 21.5. The van der Waals surface area contributed by atoms with Gasteiger partial charge in [-0.15, -0.1) is 0 Å². The topological polar surface area (TPSA) is 12.0 Å². The molecular formula is C19H39N. The molecule has 0 aromatic rings. The number of rotatable bonds is 13. The third-order valence-electron chi connectivity index (χ3n) is 5.10. The van der Waals surface area contributed by atoms with E-state index in [0.29, 0.717) is 5.54 Å². The van der Waals surface area contributed by atoms with E-state index in [1.54, 1.807) is 0 Å². The van der Waals surface area contributed by atoms with Gasteiger partial charge in [-0.1, -0.05) is 84.5 Å². The summed E-state index contributed by atoms with van der Waals surface area (Å²) in [7, 11) is 0. The smallest absolute Gasteiger partial charge is 0.0182 e. The zero-order valence-corrected chi connectivity index (χ0v) is 14.3. The molecule has 1 heterocycles. The Hall–Kier alpha value is -0.0400. The second-order valence-electron chi connectivity index (χ2n) is 6.99. The Balaban J connectivity index is 2.08. The van der Waals surface area contributed by atoms with Gasteiger partial charge in [-0.05, 0) is 32.2 Å². The summed E-state index contributed by atoms with van der Waals surface area (Å²) in [4.78, 5) is 0. The Morgan fingerprint density at radius 2 is 1.20 bits per heavy atom. The normalized spacial score (nSPS) is 22.5. The summed E-state index contributed by atoms with van der Waals surface area (Å²) in [5.41, 5.74) is 0.539. The van der Waals surface area contributed by atoms with Gasteiger partial charge in [0.2, 0.25) is 0 Å². The Morgan fingerprint density at radius 3 is 1.70 bits per heavy atom. The second kappa shape index (κ2) is 11.6. The first-order valence-corrected chi connectivity index (χ1v) is 9.58. The molecular weight excluding hydrogens is 242 g/mol. The second-order valence-corrected chi connectivity index (χ2v) is 6.99. The zero-order chi connectivity index (χ0) is 14.5. The van der Waals surface area contributed by atoms with Crippen LogP contribution in [-0.4, -0.2) is 12.1 Å². The third-order valence-corrected chi connectivity index (χ3v) is 5.10. The number of nitrogens with one attached hydrogen (secondary N) is 1. The van der Waals surface area contributed by atoms with Gasteiger partial charge in [0.1, 0.15) is 0 Å². The molecule has 1 heteroatoms. The molecule has 0 aromatic heterocycles. The molecule has 1 N–H and O–H groups in total. The molecule has 1 fully saturated rings. The lowest BCUT2D eigenvalue weighted by Gasteiger charge is -2.30. The SMILES string of the molecule is CCCCCCCCCC1(CCCCCC)CCCN1. The lowest BCUT2D eigenvalue weighted by atomic mass is 9.85. The van der Waals surface area contributed by atoms with Crippen LogP contribution in [0.5, 0.6) is 0 Å². The van der Waals surface area contributed by atoms with Gasteiger partial charge in [0.05, 0.1) is 0 Å². The molecule has 0 spiro atoms. The van der Waals surface area contributed by atoms with Crippen LogP contribution in [0.25, 0.3) is 0 Å². The molecule has 1 atom stereocenters. The van der Waals surface area contributed by atoms with Crippen molar-refractivity contribution in [1.82, 2.24) is 5.32 Å². The predicted octanol–water partition coefficient (Wildman–Crippen LogP) is 6.22. The summed E-state index contributed by atoms with van der Waals surface area (Å²) < 4.78 is 0. The molecule has 0 aromatic carbocycles. The molecule has 20 heavy (non-hydrogen) atoms. The van der Waals surface area contributed by atoms with Gasteiger partial charge < -0.3 is 5.32 Å². The quantitative estimate of drug-likeness (QED) is 0.395. The van der Waals surface area contributed by atoms with Crippen LogP contribution >= 0.6 is 0 Å². The summed E-state index contributed by atoms with van der Waals surface area (Å²) >= 11 is 0. The van der Waals surface area contributed by atoms with E-state index in [4.69, 9.17) is 0 Å². The summed E-state index contributed by atoms with van der Waals surface area (Å²) in [6, 6.07) is 0. The molecule has 0 aliphatic carbocycles. The number of unbranched alkanes of at least 4 members (excludes halogenated alkanes) is 9. The average Bonchev–Trinajstić information content (AvgIpc) is 2.92. The van der Waals surface area contributed by atoms with Crippen LogP contribution in [-0.2, 0) is 0 Å². The molecule has 1 rings (SSSR count). The van der Waals surface area contributed by atoms with E-state index in [0.717, 1.165) is 0 Å². The van der Waals surface area contributed by atoms with Gasteiger partial charge in [0, 0.05) is 5.54 Å². The van der Waals surface area contributed by atoms with Crippen molar-refractivity contribution in [2.75, 3.05) is 6.54 Å². The molecule has 0 bridgehead atoms. The summed E-state index contributed by atoms with van der Waals surface area (Å²) in [5, 5.41) is 3.86. The Labute approximate surface area is 128 Å². The van der Waals surface area contributed by atoms with Crippen molar-refractivity contribution >= 4 is 0 Å². The van der Waals surface area contributed by atoms with Crippen LogP contribution < -0.4 is 5.32 Å². The molecule has 1 unspecified atom stereocenters. The molecule has 120 valence electrons. The number of hydrogen-bond donors (Lipinski definition) is 1. The fraction of sp³-hybridized carbons (Fsp3) is 1.00. The zero-order valence-electron chi connectivity index (χ0n) is 14.3. The summed E-state index contributed by atoms with van der Waals surface area (Å²) in [5.74, 6) is 0. The molecule has 0 saturated carbocycles. The van der Waals surface area contributed by atoms with Crippen molar-refractivity contribution in [3.05, 3.63) is 0 Å². The monoisotopic (exact) mass is 281 g/mol. The molecule has 1 aliphatic rings. The van der Waals surface area contributed by atoms with Crippen molar-refractivity contribution in [2.24, 2.45) is 0 Å². The number of hydrogen-bond acceptors (Lipinski definition) is 1. The predicted molar refractivity (Wildman–Crippen MR) is 91.3 cm³/mol. The standard InChI is InChI=1S/C19H39N/c1-3-5-7-9-10-11-13-16-19(17-14-18-20-19)15-12-8-6-4-2/h20H,3-18H2,1-2H3. The van der Waals surface area contributed by atoms with Gasteiger partial charge in [-0.2, -0.15) is 0 Å². The van der Waals surface area contributed by atoms with Crippen molar-refractivity contribution in [2.45, 2.75) is 116 Å².